The van der Waals surface area contributed by atoms with Crippen LogP contribution in [-0.2, 0) is 9.59 Å². The molecule has 1 heterocycles. The minimum atomic E-state index is -0.905. The molecule has 22 heavy (non-hydrogen) atoms. The smallest absolute Gasteiger partial charge is 0.303 e. The summed E-state index contributed by atoms with van der Waals surface area (Å²) in [6, 6.07) is 4.62. The third-order valence-electron chi connectivity index (χ3n) is 3.35. The molecule has 2 amide bonds. The third-order valence-corrected chi connectivity index (χ3v) is 3.35. The van der Waals surface area contributed by atoms with Crippen LogP contribution in [0, 0.1) is 0 Å². The summed E-state index contributed by atoms with van der Waals surface area (Å²) in [6.45, 7) is 3.34. The quantitative estimate of drug-likeness (QED) is 0.762. The van der Waals surface area contributed by atoms with Crippen molar-refractivity contribution in [1.82, 2.24) is 5.32 Å². The summed E-state index contributed by atoms with van der Waals surface area (Å²) < 4.78 is 5.51. The lowest BCUT2D eigenvalue weighted by molar-refractivity contribution is -0.137. The van der Waals surface area contributed by atoms with Crippen LogP contribution in [0.25, 0.3) is 0 Å². The number of rotatable bonds is 5. The Morgan fingerprint density at radius 3 is 2.86 bits per heavy atom. The maximum atomic E-state index is 12.3. The number of aliphatic carboxylic acids is 1. The van der Waals surface area contributed by atoms with Crippen LogP contribution in [0.5, 0.6) is 5.75 Å². The number of para-hydroxylation sites is 1. The van der Waals surface area contributed by atoms with Gasteiger partial charge in [-0.2, -0.15) is 0 Å². The van der Waals surface area contributed by atoms with Crippen LogP contribution in [0.15, 0.2) is 18.2 Å². The Morgan fingerprint density at radius 2 is 2.18 bits per heavy atom. The Bertz CT molecular complexity index is 614. The van der Waals surface area contributed by atoms with Crippen molar-refractivity contribution in [2.75, 3.05) is 5.32 Å². The number of hydrogen-bond acceptors (Lipinski definition) is 4. The molecule has 2 unspecified atom stereocenters. The second kappa shape index (κ2) is 6.46. The molecule has 0 aromatic heterocycles. The lowest BCUT2D eigenvalue weighted by atomic mass is 10.1. The number of hydrogen-bond donors (Lipinski definition) is 3. The lowest BCUT2D eigenvalue weighted by Crippen LogP contribution is -2.37. The summed E-state index contributed by atoms with van der Waals surface area (Å²) in [4.78, 5) is 34.4. The van der Waals surface area contributed by atoms with E-state index in [1.54, 1.807) is 32.0 Å². The van der Waals surface area contributed by atoms with E-state index in [0.29, 0.717) is 23.4 Å². The molecule has 0 radical (unpaired) electrons. The van der Waals surface area contributed by atoms with E-state index in [-0.39, 0.29) is 24.3 Å². The average Bonchev–Trinajstić information content (AvgIpc) is 2.45. The van der Waals surface area contributed by atoms with E-state index in [1.807, 2.05) is 0 Å². The van der Waals surface area contributed by atoms with Gasteiger partial charge in [0.15, 0.2) is 11.9 Å². The Morgan fingerprint density at radius 1 is 1.45 bits per heavy atom. The van der Waals surface area contributed by atoms with Crippen molar-refractivity contribution in [3.05, 3.63) is 23.8 Å². The number of carbonyl (C=O) groups is 3. The summed E-state index contributed by atoms with van der Waals surface area (Å²) in [5.74, 6) is -1.20. The molecule has 0 saturated carbocycles. The Kier molecular flexibility index (Phi) is 4.65. The van der Waals surface area contributed by atoms with Gasteiger partial charge in [-0.05, 0) is 32.4 Å². The molecule has 0 fully saturated rings. The largest absolute Gasteiger partial charge is 0.481 e. The molecule has 7 nitrogen and oxygen atoms in total. The molecule has 3 N–H and O–H groups in total. The molecule has 2 rings (SSSR count). The highest BCUT2D eigenvalue weighted by atomic mass is 16.5. The first-order chi connectivity index (χ1) is 10.4. The van der Waals surface area contributed by atoms with Crippen LogP contribution < -0.4 is 15.4 Å². The number of carboxylic acid groups (broad SMARTS) is 1. The number of carboxylic acids is 1. The molecular weight excluding hydrogens is 288 g/mol. The zero-order chi connectivity index (χ0) is 16.3. The van der Waals surface area contributed by atoms with Crippen LogP contribution in [0.2, 0.25) is 0 Å². The average molecular weight is 306 g/mol. The Labute approximate surface area is 127 Å². The first-order valence-electron chi connectivity index (χ1n) is 7.01. The summed E-state index contributed by atoms with van der Waals surface area (Å²) >= 11 is 0. The minimum absolute atomic E-state index is 0.0159. The standard InChI is InChI=1S/C15H18N2O5/c1-8(6-7-12(18)19)16-15(21)10-4-3-5-11-13(10)22-9(2)14(20)17-11/h3-5,8-9H,6-7H2,1-2H3,(H,16,21)(H,17,20)(H,18,19). The van der Waals surface area contributed by atoms with E-state index in [2.05, 4.69) is 10.6 Å². The van der Waals surface area contributed by atoms with Crippen LogP contribution in [0.1, 0.15) is 37.0 Å². The molecular formula is C15H18N2O5. The second-order valence-electron chi connectivity index (χ2n) is 5.24. The molecule has 2 atom stereocenters. The van der Waals surface area contributed by atoms with Crippen molar-refractivity contribution < 1.29 is 24.2 Å². The van der Waals surface area contributed by atoms with Crippen molar-refractivity contribution in [3.8, 4) is 5.75 Å². The molecule has 1 aliphatic rings. The first-order valence-corrected chi connectivity index (χ1v) is 7.01. The van der Waals surface area contributed by atoms with E-state index < -0.39 is 12.1 Å². The molecule has 1 aromatic rings. The van der Waals surface area contributed by atoms with Gasteiger partial charge in [-0.15, -0.1) is 0 Å². The molecule has 1 aliphatic heterocycles. The van der Waals surface area contributed by atoms with Crippen LogP contribution in [0.4, 0.5) is 5.69 Å². The number of fused-ring (bicyclic) bond motifs is 1. The maximum absolute atomic E-state index is 12.3. The summed E-state index contributed by atoms with van der Waals surface area (Å²) in [6.07, 6.45) is -0.354. The van der Waals surface area contributed by atoms with Crippen LogP contribution >= 0.6 is 0 Å². The minimum Gasteiger partial charge on any atom is -0.481 e. The predicted molar refractivity (Wildman–Crippen MR) is 79.0 cm³/mol. The number of nitrogens with one attached hydrogen (secondary N) is 2. The number of benzene rings is 1. The van der Waals surface area contributed by atoms with E-state index in [9.17, 15) is 14.4 Å². The van der Waals surface area contributed by atoms with E-state index in [4.69, 9.17) is 9.84 Å². The van der Waals surface area contributed by atoms with Gasteiger partial charge in [0.2, 0.25) is 0 Å². The molecule has 0 bridgehead atoms. The van der Waals surface area contributed by atoms with Gasteiger partial charge in [0.25, 0.3) is 11.8 Å². The Hall–Kier alpha value is -2.57. The zero-order valence-corrected chi connectivity index (χ0v) is 12.4. The third kappa shape index (κ3) is 3.55. The van der Waals surface area contributed by atoms with Crippen molar-refractivity contribution in [2.24, 2.45) is 0 Å². The molecule has 118 valence electrons. The van der Waals surface area contributed by atoms with Crippen molar-refractivity contribution in [2.45, 2.75) is 38.8 Å². The summed E-state index contributed by atoms with van der Waals surface area (Å²) in [5, 5.41) is 14.1. The van der Waals surface area contributed by atoms with Gasteiger partial charge >= 0.3 is 5.97 Å². The number of anilines is 1. The van der Waals surface area contributed by atoms with Crippen molar-refractivity contribution >= 4 is 23.5 Å². The summed E-state index contributed by atoms with van der Waals surface area (Å²) in [7, 11) is 0. The highest BCUT2D eigenvalue weighted by Gasteiger charge is 2.27. The van der Waals surface area contributed by atoms with Gasteiger partial charge in [-0.3, -0.25) is 14.4 Å². The van der Waals surface area contributed by atoms with Gasteiger partial charge in [0, 0.05) is 12.5 Å². The molecule has 0 aliphatic carbocycles. The topological polar surface area (TPSA) is 105 Å². The highest BCUT2D eigenvalue weighted by Crippen LogP contribution is 2.33. The predicted octanol–water partition coefficient (Wildman–Crippen LogP) is 1.39. The van der Waals surface area contributed by atoms with Gasteiger partial charge in [0.05, 0.1) is 11.3 Å². The van der Waals surface area contributed by atoms with Crippen molar-refractivity contribution in [1.29, 1.82) is 0 Å². The van der Waals surface area contributed by atoms with Crippen molar-refractivity contribution in [3.63, 3.8) is 0 Å². The van der Waals surface area contributed by atoms with Gasteiger partial charge in [-0.25, -0.2) is 0 Å². The van der Waals surface area contributed by atoms with Gasteiger partial charge in [-0.1, -0.05) is 6.07 Å². The fourth-order valence-corrected chi connectivity index (χ4v) is 2.12. The fraction of sp³-hybridized carbons (Fsp3) is 0.400. The zero-order valence-electron chi connectivity index (χ0n) is 12.4. The number of carbonyl (C=O) groups excluding carboxylic acids is 2. The van der Waals surface area contributed by atoms with Gasteiger partial charge < -0.3 is 20.5 Å². The monoisotopic (exact) mass is 306 g/mol. The SMILES string of the molecule is CC(CCC(=O)O)NC(=O)c1cccc2c1OC(C)C(=O)N2. The molecule has 7 heteroatoms. The number of amides is 2. The van der Waals surface area contributed by atoms with E-state index in [1.165, 1.54) is 0 Å². The highest BCUT2D eigenvalue weighted by molar-refractivity contribution is 6.04. The van der Waals surface area contributed by atoms with Gasteiger partial charge in [0.1, 0.15) is 0 Å². The maximum Gasteiger partial charge on any atom is 0.303 e. The molecule has 0 saturated heterocycles. The molecule has 1 aromatic carbocycles. The lowest BCUT2D eigenvalue weighted by Gasteiger charge is -2.25. The van der Waals surface area contributed by atoms with Crippen LogP contribution in [0.3, 0.4) is 0 Å². The second-order valence-corrected chi connectivity index (χ2v) is 5.24. The van der Waals surface area contributed by atoms with E-state index in [0.717, 1.165) is 0 Å². The van der Waals surface area contributed by atoms with Crippen LogP contribution in [-0.4, -0.2) is 35.0 Å². The number of ether oxygens (including phenoxy) is 1. The fourth-order valence-electron chi connectivity index (χ4n) is 2.12. The first kappa shape index (κ1) is 15.8. The summed E-state index contributed by atoms with van der Waals surface area (Å²) in [5.41, 5.74) is 0.764. The normalized spacial score (nSPS) is 17.7. The Balaban J connectivity index is 2.12. The molecule has 0 spiro atoms. The van der Waals surface area contributed by atoms with E-state index >= 15 is 0 Å².